The first-order valence-corrected chi connectivity index (χ1v) is 14.0. The zero-order chi connectivity index (χ0) is 27.0. The molecule has 2 amide bonds. The summed E-state index contributed by atoms with van der Waals surface area (Å²) in [5, 5.41) is 3.13. The lowest BCUT2D eigenvalue weighted by atomic mass is 10.0. The Morgan fingerprint density at radius 3 is 2.05 bits per heavy atom. The Hall–Kier alpha value is -3.05. The quantitative estimate of drug-likeness (QED) is 0.339. The Bertz CT molecular complexity index is 1180. The predicted octanol–water partition coefficient (Wildman–Crippen LogP) is 6.40. The van der Waals surface area contributed by atoms with Crippen LogP contribution in [0.2, 0.25) is 0 Å². The van der Waals surface area contributed by atoms with Crippen LogP contribution in [0.15, 0.2) is 72.8 Å². The lowest BCUT2D eigenvalue weighted by molar-refractivity contribution is -0.140. The summed E-state index contributed by atoms with van der Waals surface area (Å²) >= 11 is 1.60. The minimum Gasteiger partial charge on any atom is -0.350 e. The van der Waals surface area contributed by atoms with Crippen LogP contribution in [0, 0.1) is 20.8 Å². The second-order valence-corrected chi connectivity index (χ2v) is 11.9. The highest BCUT2D eigenvalue weighted by molar-refractivity contribution is 7.99. The van der Waals surface area contributed by atoms with Gasteiger partial charge >= 0.3 is 0 Å². The number of benzene rings is 3. The van der Waals surface area contributed by atoms with Gasteiger partial charge in [-0.2, -0.15) is 0 Å². The van der Waals surface area contributed by atoms with Crippen LogP contribution in [-0.4, -0.2) is 34.0 Å². The van der Waals surface area contributed by atoms with Crippen molar-refractivity contribution in [3.8, 4) is 0 Å². The number of rotatable bonds is 10. The normalized spacial score (nSPS) is 12.2. The van der Waals surface area contributed by atoms with Gasteiger partial charge in [0.25, 0.3) is 0 Å². The van der Waals surface area contributed by atoms with Crippen molar-refractivity contribution < 1.29 is 9.59 Å². The molecule has 0 aliphatic carbocycles. The summed E-state index contributed by atoms with van der Waals surface area (Å²) < 4.78 is 0. The van der Waals surface area contributed by atoms with Crippen molar-refractivity contribution in [2.45, 2.75) is 71.8 Å². The van der Waals surface area contributed by atoms with Gasteiger partial charge in [-0.15, -0.1) is 11.8 Å². The molecule has 1 unspecified atom stereocenters. The molecule has 0 radical (unpaired) electrons. The molecular weight excluding hydrogens is 476 g/mol. The van der Waals surface area contributed by atoms with Crippen LogP contribution in [0.1, 0.15) is 54.2 Å². The number of hydrogen-bond donors (Lipinski definition) is 1. The van der Waals surface area contributed by atoms with Crippen molar-refractivity contribution in [3.05, 3.63) is 106 Å². The summed E-state index contributed by atoms with van der Waals surface area (Å²) in [6.07, 6.45) is 0.460. The van der Waals surface area contributed by atoms with Gasteiger partial charge in [0.15, 0.2) is 0 Å². The van der Waals surface area contributed by atoms with Crippen LogP contribution in [0.4, 0.5) is 0 Å². The second-order valence-electron chi connectivity index (χ2n) is 10.9. The summed E-state index contributed by atoms with van der Waals surface area (Å²) in [7, 11) is 0. The van der Waals surface area contributed by atoms with Gasteiger partial charge in [0.2, 0.25) is 11.8 Å². The Morgan fingerprint density at radius 1 is 0.811 bits per heavy atom. The largest absolute Gasteiger partial charge is 0.350 e. The average molecular weight is 517 g/mol. The van der Waals surface area contributed by atoms with Crippen molar-refractivity contribution in [2.24, 2.45) is 0 Å². The van der Waals surface area contributed by atoms with Gasteiger partial charge < -0.3 is 10.2 Å². The average Bonchev–Trinajstić information content (AvgIpc) is 2.80. The summed E-state index contributed by atoms with van der Waals surface area (Å²) in [6, 6.07) is 24.0. The van der Waals surface area contributed by atoms with E-state index < -0.39 is 11.6 Å². The van der Waals surface area contributed by atoms with E-state index in [1.165, 1.54) is 16.7 Å². The molecule has 5 heteroatoms. The van der Waals surface area contributed by atoms with E-state index in [1.54, 1.807) is 16.7 Å². The van der Waals surface area contributed by atoms with E-state index in [1.807, 2.05) is 76.2 Å². The lowest BCUT2D eigenvalue weighted by Crippen LogP contribution is -2.54. The number of hydrogen-bond acceptors (Lipinski definition) is 3. The van der Waals surface area contributed by atoms with Crippen LogP contribution >= 0.6 is 11.8 Å². The van der Waals surface area contributed by atoms with E-state index >= 15 is 0 Å². The van der Waals surface area contributed by atoms with E-state index in [9.17, 15) is 9.59 Å². The smallest absolute Gasteiger partial charge is 0.243 e. The molecule has 1 N–H and O–H groups in total. The van der Waals surface area contributed by atoms with Crippen molar-refractivity contribution in [3.63, 3.8) is 0 Å². The first-order chi connectivity index (χ1) is 17.5. The number of thioether (sulfide) groups is 1. The fourth-order valence-corrected chi connectivity index (χ4v) is 5.35. The summed E-state index contributed by atoms with van der Waals surface area (Å²) in [4.78, 5) is 29.2. The van der Waals surface area contributed by atoms with E-state index in [4.69, 9.17) is 0 Å². The number of carbonyl (C=O) groups excluding carboxylic acids is 2. The maximum absolute atomic E-state index is 13.8. The topological polar surface area (TPSA) is 49.4 Å². The third kappa shape index (κ3) is 9.40. The minimum absolute atomic E-state index is 0.0270. The second kappa shape index (κ2) is 13.0. The van der Waals surface area contributed by atoms with Crippen molar-refractivity contribution in [1.29, 1.82) is 0 Å². The fourth-order valence-electron chi connectivity index (χ4n) is 4.51. The third-order valence-corrected chi connectivity index (χ3v) is 6.97. The van der Waals surface area contributed by atoms with Crippen LogP contribution in [0.25, 0.3) is 0 Å². The molecule has 3 rings (SSSR count). The highest BCUT2D eigenvalue weighted by Gasteiger charge is 2.32. The van der Waals surface area contributed by atoms with E-state index in [0.717, 1.165) is 22.4 Å². The number of amides is 2. The van der Waals surface area contributed by atoms with Crippen LogP contribution in [0.3, 0.4) is 0 Å². The zero-order valence-corrected chi connectivity index (χ0v) is 23.8. The molecular formula is C32H40N2O2S. The van der Waals surface area contributed by atoms with Gasteiger partial charge in [0, 0.05) is 24.3 Å². The predicted molar refractivity (Wildman–Crippen MR) is 156 cm³/mol. The summed E-state index contributed by atoms with van der Waals surface area (Å²) in [6.45, 7) is 12.5. The van der Waals surface area contributed by atoms with Crippen LogP contribution < -0.4 is 5.32 Å². The van der Waals surface area contributed by atoms with Gasteiger partial charge in [-0.1, -0.05) is 89.5 Å². The molecule has 0 saturated heterocycles. The van der Waals surface area contributed by atoms with E-state index in [0.29, 0.717) is 18.7 Å². The first-order valence-electron chi connectivity index (χ1n) is 12.9. The molecule has 3 aromatic carbocycles. The number of nitrogens with one attached hydrogen (secondary N) is 1. The SMILES string of the molecule is Cc1cc(C)cc(CSCC(=O)N(Cc2cccc(C)c2)C(Cc2ccccc2)C(=O)NC(C)(C)C)c1. The maximum atomic E-state index is 13.8. The van der Waals surface area contributed by atoms with E-state index in [-0.39, 0.29) is 11.8 Å². The van der Waals surface area contributed by atoms with Crippen molar-refractivity contribution in [2.75, 3.05) is 5.75 Å². The van der Waals surface area contributed by atoms with Gasteiger partial charge in [0.05, 0.1) is 5.75 Å². The molecule has 0 bridgehead atoms. The molecule has 0 aliphatic heterocycles. The molecule has 0 fully saturated rings. The fraction of sp³-hybridized carbons (Fsp3) is 0.375. The van der Waals surface area contributed by atoms with Gasteiger partial charge in [-0.3, -0.25) is 9.59 Å². The molecule has 3 aromatic rings. The van der Waals surface area contributed by atoms with Crippen molar-refractivity contribution in [1.82, 2.24) is 10.2 Å². The number of aryl methyl sites for hydroxylation is 3. The lowest BCUT2D eigenvalue weighted by Gasteiger charge is -2.34. The maximum Gasteiger partial charge on any atom is 0.243 e. The Morgan fingerprint density at radius 2 is 1.43 bits per heavy atom. The summed E-state index contributed by atoms with van der Waals surface area (Å²) in [5.41, 5.74) is 6.45. The molecule has 1 atom stereocenters. The molecule has 4 nitrogen and oxygen atoms in total. The molecule has 37 heavy (non-hydrogen) atoms. The molecule has 0 heterocycles. The summed E-state index contributed by atoms with van der Waals surface area (Å²) in [5.74, 6) is 0.911. The monoisotopic (exact) mass is 516 g/mol. The zero-order valence-electron chi connectivity index (χ0n) is 23.0. The molecule has 0 aliphatic rings. The molecule has 0 aromatic heterocycles. The van der Waals surface area contributed by atoms with Crippen molar-refractivity contribution >= 4 is 23.6 Å². The minimum atomic E-state index is -0.614. The third-order valence-electron chi connectivity index (χ3n) is 5.98. The van der Waals surface area contributed by atoms with Gasteiger partial charge in [-0.25, -0.2) is 0 Å². The Labute approximate surface area is 226 Å². The van der Waals surface area contributed by atoms with Gasteiger partial charge in [0.1, 0.15) is 6.04 Å². The highest BCUT2D eigenvalue weighted by Crippen LogP contribution is 2.20. The Balaban J connectivity index is 1.87. The van der Waals surface area contributed by atoms with Crippen LogP contribution in [0.5, 0.6) is 0 Å². The standard InChI is InChI=1S/C32H40N2O2S/c1-23-11-10-14-27(16-23)20-34(30(35)22-37-21-28-17-24(2)15-25(3)18-28)29(31(36)33-32(4,5)6)19-26-12-8-7-9-13-26/h7-18,29H,19-22H2,1-6H3,(H,33,36). The molecule has 0 saturated carbocycles. The van der Waals surface area contributed by atoms with Crippen LogP contribution in [-0.2, 0) is 28.3 Å². The van der Waals surface area contributed by atoms with Gasteiger partial charge in [-0.05, 0) is 58.2 Å². The highest BCUT2D eigenvalue weighted by atomic mass is 32.2. The van der Waals surface area contributed by atoms with E-state index in [2.05, 4.69) is 43.4 Å². The molecule has 196 valence electrons. The molecule has 0 spiro atoms. The first kappa shape index (κ1) is 28.5. The Kier molecular flexibility index (Phi) is 9.99. The number of nitrogens with zero attached hydrogens (tertiary/aromatic N) is 1. The number of carbonyl (C=O) groups is 2.